The zero-order valence-corrected chi connectivity index (χ0v) is 13.6. The lowest BCUT2D eigenvalue weighted by Crippen LogP contribution is -2.40. The van der Waals surface area contributed by atoms with Gasteiger partial charge in [-0.25, -0.2) is 0 Å². The Bertz CT molecular complexity index is 706. The molecule has 0 spiro atoms. The maximum Gasteiger partial charge on any atom is 0.309 e. The number of pyridine rings is 1. The maximum absolute atomic E-state index is 12.6. The van der Waals surface area contributed by atoms with E-state index in [1.54, 1.807) is 30.3 Å². The molecule has 1 N–H and O–H groups in total. The Morgan fingerprint density at radius 3 is 2.83 bits per heavy atom. The van der Waals surface area contributed by atoms with E-state index >= 15 is 0 Å². The molecule has 0 unspecified atom stereocenters. The zero-order chi connectivity index (χ0) is 16.9. The van der Waals surface area contributed by atoms with Crippen LogP contribution in [0.2, 0.25) is 0 Å². The van der Waals surface area contributed by atoms with Gasteiger partial charge in [-0.2, -0.15) is 5.10 Å². The summed E-state index contributed by atoms with van der Waals surface area (Å²) in [6, 6.07) is 5.45. The maximum atomic E-state index is 12.6. The largest absolute Gasteiger partial charge is 0.466 e. The standard InChI is InChI=1S/C17H20N4O3/c1-2-24-17(23)12-5-8-21(9-6-12)16(22)15-10-14(19-20-15)13-4-3-7-18-11-13/h3-4,7,10-12H,2,5-6,8-9H2,1H3,(H,19,20). The van der Waals surface area contributed by atoms with Crippen molar-refractivity contribution in [2.75, 3.05) is 19.7 Å². The molecule has 1 fully saturated rings. The molecule has 0 aliphatic carbocycles. The predicted molar refractivity (Wildman–Crippen MR) is 87.1 cm³/mol. The molecular weight excluding hydrogens is 308 g/mol. The number of piperidine rings is 1. The third kappa shape index (κ3) is 3.45. The van der Waals surface area contributed by atoms with Crippen molar-refractivity contribution in [3.05, 3.63) is 36.3 Å². The van der Waals surface area contributed by atoms with Gasteiger partial charge in [0.1, 0.15) is 5.69 Å². The minimum atomic E-state index is -0.162. The van der Waals surface area contributed by atoms with E-state index in [0.717, 1.165) is 5.56 Å². The van der Waals surface area contributed by atoms with Gasteiger partial charge in [-0.1, -0.05) is 0 Å². The van der Waals surface area contributed by atoms with Crippen LogP contribution < -0.4 is 0 Å². The first-order valence-electron chi connectivity index (χ1n) is 8.10. The van der Waals surface area contributed by atoms with E-state index in [2.05, 4.69) is 15.2 Å². The Morgan fingerprint density at radius 1 is 1.38 bits per heavy atom. The first kappa shape index (κ1) is 16.2. The lowest BCUT2D eigenvalue weighted by atomic mass is 9.97. The number of hydrogen-bond donors (Lipinski definition) is 1. The van der Waals surface area contributed by atoms with Gasteiger partial charge in [-0.3, -0.25) is 19.7 Å². The molecule has 2 aromatic rings. The molecule has 0 aromatic carbocycles. The van der Waals surface area contributed by atoms with E-state index in [-0.39, 0.29) is 17.8 Å². The zero-order valence-electron chi connectivity index (χ0n) is 13.6. The molecular formula is C17H20N4O3. The molecule has 126 valence electrons. The number of rotatable bonds is 4. The molecule has 1 aliphatic heterocycles. The number of carbonyl (C=O) groups is 2. The van der Waals surface area contributed by atoms with Crippen molar-refractivity contribution >= 4 is 11.9 Å². The Labute approximate surface area is 140 Å². The van der Waals surface area contributed by atoms with Crippen LogP contribution in [0.25, 0.3) is 11.3 Å². The molecule has 0 saturated carbocycles. The Hall–Kier alpha value is -2.70. The van der Waals surface area contributed by atoms with Crippen LogP contribution in [0, 0.1) is 5.92 Å². The van der Waals surface area contributed by atoms with Gasteiger partial charge >= 0.3 is 5.97 Å². The van der Waals surface area contributed by atoms with Gasteiger partial charge in [0.25, 0.3) is 5.91 Å². The highest BCUT2D eigenvalue weighted by Crippen LogP contribution is 2.21. The number of nitrogens with zero attached hydrogens (tertiary/aromatic N) is 3. The van der Waals surface area contributed by atoms with E-state index in [1.165, 1.54) is 0 Å². The summed E-state index contributed by atoms with van der Waals surface area (Å²) in [4.78, 5) is 30.1. The molecule has 3 rings (SSSR count). The van der Waals surface area contributed by atoms with Crippen molar-refractivity contribution in [1.82, 2.24) is 20.1 Å². The minimum absolute atomic E-state index is 0.0973. The third-order valence-electron chi connectivity index (χ3n) is 4.17. The summed E-state index contributed by atoms with van der Waals surface area (Å²) in [6.45, 7) is 3.28. The molecule has 7 heteroatoms. The number of aromatic nitrogens is 3. The average Bonchev–Trinajstić information content (AvgIpc) is 3.12. The van der Waals surface area contributed by atoms with Gasteiger partial charge in [-0.05, 0) is 38.0 Å². The number of hydrogen-bond acceptors (Lipinski definition) is 5. The smallest absolute Gasteiger partial charge is 0.309 e. The SMILES string of the molecule is CCOC(=O)C1CCN(C(=O)c2cc(-c3cccnc3)n[nH]2)CC1. The predicted octanol–water partition coefficient (Wildman–Crippen LogP) is 1.89. The number of likely N-dealkylation sites (tertiary alicyclic amines) is 1. The highest BCUT2D eigenvalue weighted by atomic mass is 16.5. The number of carbonyl (C=O) groups excluding carboxylic acids is 2. The quantitative estimate of drug-likeness (QED) is 0.866. The number of nitrogens with one attached hydrogen (secondary N) is 1. The van der Waals surface area contributed by atoms with E-state index in [4.69, 9.17) is 4.74 Å². The van der Waals surface area contributed by atoms with Gasteiger partial charge in [0, 0.05) is 31.0 Å². The van der Waals surface area contributed by atoms with E-state index < -0.39 is 0 Å². The molecule has 1 aliphatic rings. The van der Waals surface area contributed by atoms with Gasteiger partial charge in [0.2, 0.25) is 0 Å². The van der Waals surface area contributed by atoms with Crippen LogP contribution in [0.15, 0.2) is 30.6 Å². The topological polar surface area (TPSA) is 88.2 Å². The molecule has 7 nitrogen and oxygen atoms in total. The van der Waals surface area contributed by atoms with Gasteiger partial charge in [-0.15, -0.1) is 0 Å². The minimum Gasteiger partial charge on any atom is -0.466 e. The fourth-order valence-corrected chi connectivity index (χ4v) is 2.84. The summed E-state index contributed by atoms with van der Waals surface area (Å²) < 4.78 is 5.05. The molecule has 0 bridgehead atoms. The second-order valence-electron chi connectivity index (χ2n) is 5.73. The Morgan fingerprint density at radius 2 is 2.17 bits per heavy atom. The first-order chi connectivity index (χ1) is 11.7. The van der Waals surface area contributed by atoms with Crippen LogP contribution in [0.1, 0.15) is 30.3 Å². The lowest BCUT2D eigenvalue weighted by molar-refractivity contribution is -0.149. The number of H-pyrrole nitrogens is 1. The Kier molecular flexibility index (Phi) is 4.88. The van der Waals surface area contributed by atoms with Crippen LogP contribution in [0.4, 0.5) is 0 Å². The Balaban J connectivity index is 1.62. The van der Waals surface area contributed by atoms with Gasteiger partial charge in [0.15, 0.2) is 0 Å². The summed E-state index contributed by atoms with van der Waals surface area (Å²) >= 11 is 0. The normalized spacial score (nSPS) is 15.3. The summed E-state index contributed by atoms with van der Waals surface area (Å²) in [7, 11) is 0. The summed E-state index contributed by atoms with van der Waals surface area (Å²) in [5.41, 5.74) is 1.99. The summed E-state index contributed by atoms with van der Waals surface area (Å²) in [5, 5.41) is 6.98. The van der Waals surface area contributed by atoms with Crippen molar-refractivity contribution in [2.45, 2.75) is 19.8 Å². The van der Waals surface area contributed by atoms with E-state index in [1.807, 2.05) is 12.1 Å². The summed E-state index contributed by atoms with van der Waals surface area (Å²) in [6.07, 6.45) is 4.66. The number of amides is 1. The van der Waals surface area contributed by atoms with Crippen LogP contribution in [-0.4, -0.2) is 51.7 Å². The molecule has 0 radical (unpaired) electrons. The highest BCUT2D eigenvalue weighted by molar-refractivity contribution is 5.93. The molecule has 1 amide bonds. The number of aromatic amines is 1. The van der Waals surface area contributed by atoms with Crippen LogP contribution in [0.3, 0.4) is 0 Å². The van der Waals surface area contributed by atoms with Gasteiger partial charge < -0.3 is 9.64 Å². The first-order valence-corrected chi connectivity index (χ1v) is 8.10. The van der Waals surface area contributed by atoms with E-state index in [0.29, 0.717) is 43.9 Å². The van der Waals surface area contributed by atoms with Crippen LogP contribution >= 0.6 is 0 Å². The molecule has 1 saturated heterocycles. The molecule has 24 heavy (non-hydrogen) atoms. The second kappa shape index (κ2) is 7.25. The lowest BCUT2D eigenvalue weighted by Gasteiger charge is -2.30. The second-order valence-corrected chi connectivity index (χ2v) is 5.73. The fourth-order valence-electron chi connectivity index (χ4n) is 2.84. The average molecular weight is 328 g/mol. The monoisotopic (exact) mass is 328 g/mol. The van der Waals surface area contributed by atoms with Crippen molar-refractivity contribution < 1.29 is 14.3 Å². The summed E-state index contributed by atoms with van der Waals surface area (Å²) in [5.74, 6) is -0.369. The van der Waals surface area contributed by atoms with Gasteiger partial charge in [0.05, 0.1) is 18.2 Å². The van der Waals surface area contributed by atoms with Crippen molar-refractivity contribution in [2.24, 2.45) is 5.92 Å². The van der Waals surface area contributed by atoms with Crippen LogP contribution in [-0.2, 0) is 9.53 Å². The highest BCUT2D eigenvalue weighted by Gasteiger charge is 2.29. The van der Waals surface area contributed by atoms with Crippen molar-refractivity contribution in [3.63, 3.8) is 0 Å². The number of ether oxygens (including phenoxy) is 1. The van der Waals surface area contributed by atoms with Crippen molar-refractivity contribution in [3.8, 4) is 11.3 Å². The third-order valence-corrected chi connectivity index (χ3v) is 4.17. The fraction of sp³-hybridized carbons (Fsp3) is 0.412. The molecule has 3 heterocycles. The van der Waals surface area contributed by atoms with E-state index in [9.17, 15) is 9.59 Å². The molecule has 0 atom stereocenters. The van der Waals surface area contributed by atoms with Crippen LogP contribution in [0.5, 0.6) is 0 Å². The number of esters is 1. The van der Waals surface area contributed by atoms with Crippen molar-refractivity contribution in [1.29, 1.82) is 0 Å². The molecule has 2 aromatic heterocycles.